The van der Waals surface area contributed by atoms with Crippen molar-refractivity contribution in [2.24, 2.45) is 11.7 Å². The Bertz CT molecular complexity index is 313. The number of rotatable bonds is 3. The van der Waals surface area contributed by atoms with Gasteiger partial charge < -0.3 is 5.73 Å². The van der Waals surface area contributed by atoms with Crippen molar-refractivity contribution in [1.82, 2.24) is 0 Å². The van der Waals surface area contributed by atoms with Crippen LogP contribution in [0.15, 0.2) is 30.8 Å². The molecular formula is C12H15N. The molecule has 0 aliphatic heterocycles. The zero-order chi connectivity index (χ0) is 9.26. The lowest BCUT2D eigenvalue weighted by Crippen LogP contribution is -2.12. The molecule has 1 nitrogen and oxygen atoms in total. The Balaban J connectivity index is 2.22. The normalized spacial score (nSPS) is 18.2. The maximum atomic E-state index is 6.09. The van der Waals surface area contributed by atoms with E-state index in [1.165, 1.54) is 18.4 Å². The highest BCUT2D eigenvalue weighted by Gasteiger charge is 2.29. The van der Waals surface area contributed by atoms with Gasteiger partial charge in [0, 0.05) is 6.04 Å². The molecule has 0 heterocycles. The lowest BCUT2D eigenvalue weighted by atomic mass is 10.0. The number of hydrogen-bond donors (Lipinski definition) is 1. The van der Waals surface area contributed by atoms with Crippen LogP contribution in [-0.2, 0) is 0 Å². The highest BCUT2D eigenvalue weighted by atomic mass is 14.7. The van der Waals surface area contributed by atoms with Gasteiger partial charge in [-0.05, 0) is 29.9 Å². The fraction of sp³-hybridized carbons (Fsp3) is 0.333. The predicted octanol–water partition coefficient (Wildman–Crippen LogP) is 2.74. The molecule has 0 aromatic heterocycles. The third-order valence-corrected chi connectivity index (χ3v) is 2.66. The van der Waals surface area contributed by atoms with Crippen LogP contribution in [0.2, 0.25) is 0 Å². The molecule has 1 heteroatoms. The van der Waals surface area contributed by atoms with E-state index in [2.05, 4.69) is 30.8 Å². The molecular weight excluding hydrogens is 158 g/mol. The summed E-state index contributed by atoms with van der Waals surface area (Å²) in [6, 6.07) is 8.58. The summed E-state index contributed by atoms with van der Waals surface area (Å²) in [6.07, 6.45) is 4.45. The molecule has 1 fully saturated rings. The van der Waals surface area contributed by atoms with E-state index < -0.39 is 0 Å². The van der Waals surface area contributed by atoms with Crippen molar-refractivity contribution >= 4 is 6.08 Å². The van der Waals surface area contributed by atoms with E-state index >= 15 is 0 Å². The topological polar surface area (TPSA) is 26.0 Å². The van der Waals surface area contributed by atoms with Gasteiger partial charge in [0.2, 0.25) is 0 Å². The zero-order valence-electron chi connectivity index (χ0n) is 7.74. The van der Waals surface area contributed by atoms with Crippen LogP contribution in [0.1, 0.15) is 30.0 Å². The smallest absolute Gasteiger partial charge is 0.0323 e. The third-order valence-electron chi connectivity index (χ3n) is 2.66. The molecule has 0 amide bonds. The van der Waals surface area contributed by atoms with Crippen LogP contribution in [0.5, 0.6) is 0 Å². The highest BCUT2D eigenvalue weighted by Crippen LogP contribution is 2.39. The third kappa shape index (κ3) is 1.81. The molecule has 13 heavy (non-hydrogen) atoms. The average molecular weight is 173 g/mol. The average Bonchev–Trinajstić information content (AvgIpc) is 3.00. The summed E-state index contributed by atoms with van der Waals surface area (Å²) in [5.74, 6) is 0.722. The minimum absolute atomic E-state index is 0.236. The van der Waals surface area contributed by atoms with E-state index in [1.807, 2.05) is 6.08 Å². The minimum atomic E-state index is 0.236. The van der Waals surface area contributed by atoms with E-state index in [9.17, 15) is 0 Å². The Labute approximate surface area is 79.3 Å². The van der Waals surface area contributed by atoms with Crippen LogP contribution in [0, 0.1) is 5.92 Å². The van der Waals surface area contributed by atoms with Gasteiger partial charge in [-0.3, -0.25) is 0 Å². The van der Waals surface area contributed by atoms with Gasteiger partial charge in [0.15, 0.2) is 0 Å². The van der Waals surface area contributed by atoms with E-state index in [0.717, 1.165) is 11.5 Å². The van der Waals surface area contributed by atoms with Crippen molar-refractivity contribution in [2.45, 2.75) is 18.9 Å². The van der Waals surface area contributed by atoms with Crippen molar-refractivity contribution in [2.75, 3.05) is 0 Å². The number of nitrogens with two attached hydrogens (primary N) is 1. The van der Waals surface area contributed by atoms with E-state index in [0.29, 0.717) is 0 Å². The molecule has 1 saturated carbocycles. The maximum Gasteiger partial charge on any atom is 0.0323 e. The first-order valence-corrected chi connectivity index (χ1v) is 4.79. The molecule has 0 bridgehead atoms. The summed E-state index contributed by atoms with van der Waals surface area (Å²) in [5.41, 5.74) is 8.50. The van der Waals surface area contributed by atoms with E-state index in [1.54, 1.807) is 0 Å². The van der Waals surface area contributed by atoms with Gasteiger partial charge in [-0.15, -0.1) is 0 Å². The second kappa shape index (κ2) is 3.35. The quantitative estimate of drug-likeness (QED) is 0.747. The summed E-state index contributed by atoms with van der Waals surface area (Å²) in [6.45, 7) is 3.75. The summed E-state index contributed by atoms with van der Waals surface area (Å²) in [5, 5.41) is 0. The van der Waals surface area contributed by atoms with E-state index in [-0.39, 0.29) is 6.04 Å². The second-order valence-corrected chi connectivity index (χ2v) is 3.74. The SMILES string of the molecule is C=Cc1cccc([C@@H](N)C2CC2)c1. The first-order chi connectivity index (χ1) is 6.31. The van der Waals surface area contributed by atoms with Crippen molar-refractivity contribution < 1.29 is 0 Å². The molecule has 68 valence electrons. The maximum absolute atomic E-state index is 6.09. The zero-order valence-corrected chi connectivity index (χ0v) is 7.74. The first-order valence-electron chi connectivity index (χ1n) is 4.79. The monoisotopic (exact) mass is 173 g/mol. The Morgan fingerprint density at radius 3 is 2.85 bits per heavy atom. The largest absolute Gasteiger partial charge is 0.324 e. The lowest BCUT2D eigenvalue weighted by molar-refractivity contribution is 0.633. The number of hydrogen-bond acceptors (Lipinski definition) is 1. The molecule has 2 N–H and O–H groups in total. The molecule has 1 aromatic rings. The Hall–Kier alpha value is -1.08. The Kier molecular flexibility index (Phi) is 2.19. The molecule has 1 aromatic carbocycles. The van der Waals surface area contributed by atoms with Gasteiger partial charge in [-0.2, -0.15) is 0 Å². The minimum Gasteiger partial charge on any atom is -0.324 e. The summed E-state index contributed by atoms with van der Waals surface area (Å²) < 4.78 is 0. The van der Waals surface area contributed by atoms with Crippen LogP contribution >= 0.6 is 0 Å². The van der Waals surface area contributed by atoms with Crippen LogP contribution in [0.4, 0.5) is 0 Å². The Morgan fingerprint density at radius 2 is 2.23 bits per heavy atom. The molecule has 0 radical (unpaired) electrons. The summed E-state index contributed by atoms with van der Waals surface area (Å²) in [4.78, 5) is 0. The standard InChI is InChI=1S/C12H15N/c1-2-9-4-3-5-11(8-9)12(13)10-6-7-10/h2-5,8,10,12H,1,6-7,13H2/t12-/m0/s1. The van der Waals surface area contributed by atoms with E-state index in [4.69, 9.17) is 5.73 Å². The van der Waals surface area contributed by atoms with Crippen molar-refractivity contribution in [3.63, 3.8) is 0 Å². The molecule has 0 saturated heterocycles. The predicted molar refractivity (Wildman–Crippen MR) is 56.2 cm³/mol. The fourth-order valence-corrected chi connectivity index (χ4v) is 1.62. The number of benzene rings is 1. The summed E-state index contributed by atoms with van der Waals surface area (Å²) in [7, 11) is 0. The van der Waals surface area contributed by atoms with Gasteiger partial charge in [0.25, 0.3) is 0 Å². The van der Waals surface area contributed by atoms with Gasteiger partial charge >= 0.3 is 0 Å². The van der Waals surface area contributed by atoms with Gasteiger partial charge in [0.1, 0.15) is 0 Å². The highest BCUT2D eigenvalue weighted by molar-refractivity contribution is 5.48. The van der Waals surface area contributed by atoms with Crippen molar-refractivity contribution in [3.05, 3.63) is 42.0 Å². The molecule has 1 aliphatic rings. The fourth-order valence-electron chi connectivity index (χ4n) is 1.62. The van der Waals surface area contributed by atoms with Crippen LogP contribution in [-0.4, -0.2) is 0 Å². The molecule has 1 atom stereocenters. The molecule has 0 unspecified atom stereocenters. The first kappa shape index (κ1) is 8.52. The van der Waals surface area contributed by atoms with Gasteiger partial charge in [0.05, 0.1) is 0 Å². The van der Waals surface area contributed by atoms with Gasteiger partial charge in [-0.1, -0.05) is 36.9 Å². The summed E-state index contributed by atoms with van der Waals surface area (Å²) >= 11 is 0. The second-order valence-electron chi connectivity index (χ2n) is 3.74. The molecule has 0 spiro atoms. The van der Waals surface area contributed by atoms with Gasteiger partial charge in [-0.25, -0.2) is 0 Å². The van der Waals surface area contributed by atoms with Crippen molar-refractivity contribution in [3.8, 4) is 0 Å². The van der Waals surface area contributed by atoms with Crippen LogP contribution in [0.25, 0.3) is 6.08 Å². The van der Waals surface area contributed by atoms with Crippen LogP contribution in [0.3, 0.4) is 0 Å². The van der Waals surface area contributed by atoms with Crippen LogP contribution < -0.4 is 5.73 Å². The Morgan fingerprint density at radius 1 is 1.46 bits per heavy atom. The molecule has 1 aliphatic carbocycles. The van der Waals surface area contributed by atoms with Crippen molar-refractivity contribution in [1.29, 1.82) is 0 Å². The lowest BCUT2D eigenvalue weighted by Gasteiger charge is -2.10. The molecule has 2 rings (SSSR count).